The largest absolute Gasteiger partial charge is 0.573 e. The van der Waals surface area contributed by atoms with Gasteiger partial charge in [-0.15, -0.1) is 13.2 Å². The summed E-state index contributed by atoms with van der Waals surface area (Å²) in [6.07, 6.45) is -3.48. The standard InChI is InChI=1S/C9H5F3N2O3/c10-9(11,12)17-6-3-5-1-2-13-8(5)7(4-6)14(15)16/h1-4,13H. The normalized spacial score (nSPS) is 11.7. The summed E-state index contributed by atoms with van der Waals surface area (Å²) in [4.78, 5) is 12.5. The number of non-ortho nitro benzene ring substituents is 1. The monoisotopic (exact) mass is 246 g/mol. The number of alkyl halides is 3. The number of nitro benzene ring substituents is 1. The van der Waals surface area contributed by atoms with Crippen molar-refractivity contribution in [3.63, 3.8) is 0 Å². The number of fused-ring (bicyclic) bond motifs is 1. The van der Waals surface area contributed by atoms with Crippen LogP contribution in [-0.4, -0.2) is 16.3 Å². The minimum Gasteiger partial charge on any atom is -0.406 e. The fraction of sp³-hybridized carbons (Fsp3) is 0.111. The van der Waals surface area contributed by atoms with Crippen molar-refractivity contribution in [2.45, 2.75) is 6.36 Å². The summed E-state index contributed by atoms with van der Waals surface area (Å²) in [5.74, 6) is -0.615. The molecule has 0 bridgehead atoms. The Kier molecular flexibility index (Phi) is 2.41. The maximum absolute atomic E-state index is 12.0. The lowest BCUT2D eigenvalue weighted by atomic mass is 10.2. The highest BCUT2D eigenvalue weighted by Crippen LogP contribution is 2.32. The third kappa shape index (κ3) is 2.30. The van der Waals surface area contributed by atoms with E-state index in [1.807, 2.05) is 0 Å². The maximum Gasteiger partial charge on any atom is 0.573 e. The second kappa shape index (κ2) is 3.65. The lowest BCUT2D eigenvalue weighted by molar-refractivity contribution is -0.383. The van der Waals surface area contributed by atoms with Gasteiger partial charge in [0.1, 0.15) is 11.3 Å². The van der Waals surface area contributed by atoms with E-state index in [1.54, 1.807) is 0 Å². The Morgan fingerprint density at radius 1 is 1.35 bits per heavy atom. The number of hydrogen-bond donors (Lipinski definition) is 1. The molecule has 0 radical (unpaired) electrons. The lowest BCUT2D eigenvalue weighted by Gasteiger charge is -2.08. The van der Waals surface area contributed by atoms with Gasteiger partial charge < -0.3 is 9.72 Å². The number of aromatic amines is 1. The van der Waals surface area contributed by atoms with Crippen molar-refractivity contribution >= 4 is 16.6 Å². The number of nitrogens with one attached hydrogen (secondary N) is 1. The molecule has 1 aromatic carbocycles. The molecule has 0 saturated heterocycles. The predicted octanol–water partition coefficient (Wildman–Crippen LogP) is 2.97. The van der Waals surface area contributed by atoms with Crippen LogP contribution in [0.15, 0.2) is 24.4 Å². The van der Waals surface area contributed by atoms with Crippen molar-refractivity contribution in [2.24, 2.45) is 0 Å². The summed E-state index contributed by atoms with van der Waals surface area (Å²) in [6, 6.07) is 3.23. The second-order valence-corrected chi connectivity index (χ2v) is 3.19. The van der Waals surface area contributed by atoms with E-state index in [1.165, 1.54) is 12.3 Å². The number of hydrogen-bond acceptors (Lipinski definition) is 3. The molecule has 2 aromatic rings. The second-order valence-electron chi connectivity index (χ2n) is 3.19. The van der Waals surface area contributed by atoms with Gasteiger partial charge in [0.25, 0.3) is 5.69 Å². The third-order valence-corrected chi connectivity index (χ3v) is 2.04. The SMILES string of the molecule is O=[N+]([O-])c1cc(OC(F)(F)F)cc2cc[nH]c12. The number of nitrogens with zero attached hydrogens (tertiary/aromatic N) is 1. The molecule has 0 fully saturated rings. The molecule has 2 rings (SSSR count). The van der Waals surface area contributed by atoms with Gasteiger partial charge in [0.2, 0.25) is 0 Å². The summed E-state index contributed by atoms with van der Waals surface area (Å²) >= 11 is 0. The molecule has 8 heteroatoms. The lowest BCUT2D eigenvalue weighted by Crippen LogP contribution is -2.17. The molecule has 0 unspecified atom stereocenters. The number of H-pyrrole nitrogens is 1. The first kappa shape index (κ1) is 11.2. The molecule has 0 amide bonds. The zero-order valence-electron chi connectivity index (χ0n) is 8.12. The van der Waals surface area contributed by atoms with E-state index in [0.717, 1.165) is 12.1 Å². The molecule has 1 aromatic heterocycles. The van der Waals surface area contributed by atoms with E-state index in [9.17, 15) is 23.3 Å². The Labute approximate surface area is 92.0 Å². The molecular formula is C9H5F3N2O3. The van der Waals surface area contributed by atoms with Crippen LogP contribution in [0.25, 0.3) is 10.9 Å². The first-order chi connectivity index (χ1) is 7.87. The van der Waals surface area contributed by atoms with Gasteiger partial charge >= 0.3 is 6.36 Å². The summed E-state index contributed by atoms with van der Waals surface area (Å²) in [5, 5.41) is 11.0. The summed E-state index contributed by atoms with van der Waals surface area (Å²) in [5.41, 5.74) is -0.309. The van der Waals surface area contributed by atoms with Crippen LogP contribution >= 0.6 is 0 Å². The van der Waals surface area contributed by atoms with Crippen LogP contribution in [0.2, 0.25) is 0 Å². The zero-order chi connectivity index (χ0) is 12.6. The van der Waals surface area contributed by atoms with E-state index in [-0.39, 0.29) is 10.9 Å². The molecule has 0 aliphatic heterocycles. The van der Waals surface area contributed by atoms with Crippen molar-refractivity contribution in [1.82, 2.24) is 4.98 Å². The van der Waals surface area contributed by atoms with Crippen LogP contribution in [-0.2, 0) is 0 Å². The van der Waals surface area contributed by atoms with Gasteiger partial charge in [0, 0.05) is 11.6 Å². The highest BCUT2D eigenvalue weighted by Gasteiger charge is 2.32. The Balaban J connectivity index is 2.55. The van der Waals surface area contributed by atoms with Crippen LogP contribution in [0, 0.1) is 10.1 Å². The highest BCUT2D eigenvalue weighted by atomic mass is 19.4. The molecule has 5 nitrogen and oxygen atoms in total. The quantitative estimate of drug-likeness (QED) is 0.654. The number of halogens is 3. The maximum atomic E-state index is 12.0. The summed E-state index contributed by atoms with van der Waals surface area (Å²) < 4.78 is 39.7. The van der Waals surface area contributed by atoms with E-state index in [2.05, 4.69) is 9.72 Å². The molecule has 0 aliphatic carbocycles. The van der Waals surface area contributed by atoms with E-state index >= 15 is 0 Å². The Bertz CT molecular complexity index is 576. The molecule has 0 saturated carbocycles. The first-order valence-corrected chi connectivity index (χ1v) is 4.38. The van der Waals surface area contributed by atoms with Gasteiger partial charge in [-0.3, -0.25) is 10.1 Å². The summed E-state index contributed by atoms with van der Waals surface area (Å²) in [6.45, 7) is 0. The van der Waals surface area contributed by atoms with E-state index in [4.69, 9.17) is 0 Å². The van der Waals surface area contributed by atoms with Gasteiger partial charge in [-0.1, -0.05) is 0 Å². The van der Waals surface area contributed by atoms with Gasteiger partial charge in [0.15, 0.2) is 0 Å². The van der Waals surface area contributed by atoms with Crippen LogP contribution < -0.4 is 4.74 Å². The van der Waals surface area contributed by atoms with Gasteiger partial charge in [0.05, 0.1) is 11.0 Å². The molecule has 1 heterocycles. The van der Waals surface area contributed by atoms with Gasteiger partial charge in [-0.05, 0) is 12.1 Å². The topological polar surface area (TPSA) is 68.2 Å². The Hall–Kier alpha value is -2.25. The number of benzene rings is 1. The minimum absolute atomic E-state index is 0.157. The average molecular weight is 246 g/mol. The van der Waals surface area contributed by atoms with Crippen LogP contribution in [0.1, 0.15) is 0 Å². The highest BCUT2D eigenvalue weighted by molar-refractivity contribution is 5.89. The minimum atomic E-state index is -4.88. The van der Waals surface area contributed by atoms with Gasteiger partial charge in [-0.25, -0.2) is 0 Å². The Morgan fingerprint density at radius 2 is 2.06 bits per heavy atom. The van der Waals surface area contributed by atoms with Crippen molar-refractivity contribution in [3.05, 3.63) is 34.5 Å². The third-order valence-electron chi connectivity index (χ3n) is 2.04. The number of rotatable bonds is 2. The average Bonchev–Trinajstić information content (AvgIpc) is 2.60. The van der Waals surface area contributed by atoms with E-state index in [0.29, 0.717) is 0 Å². The van der Waals surface area contributed by atoms with Crippen molar-refractivity contribution in [2.75, 3.05) is 0 Å². The Morgan fingerprint density at radius 3 is 2.65 bits per heavy atom. The van der Waals surface area contributed by atoms with E-state index < -0.39 is 22.7 Å². The fourth-order valence-corrected chi connectivity index (χ4v) is 1.46. The fourth-order valence-electron chi connectivity index (χ4n) is 1.46. The van der Waals surface area contributed by atoms with Crippen LogP contribution in [0.3, 0.4) is 0 Å². The van der Waals surface area contributed by atoms with Crippen molar-refractivity contribution in [1.29, 1.82) is 0 Å². The van der Waals surface area contributed by atoms with Crippen LogP contribution in [0.5, 0.6) is 5.75 Å². The number of nitro groups is 1. The van der Waals surface area contributed by atoms with Gasteiger partial charge in [-0.2, -0.15) is 0 Å². The van der Waals surface area contributed by atoms with Crippen LogP contribution in [0.4, 0.5) is 18.9 Å². The zero-order valence-corrected chi connectivity index (χ0v) is 8.12. The number of ether oxygens (including phenoxy) is 1. The molecule has 90 valence electrons. The molecule has 0 aliphatic rings. The molecule has 17 heavy (non-hydrogen) atoms. The molecule has 0 spiro atoms. The summed E-state index contributed by atoms with van der Waals surface area (Å²) in [7, 11) is 0. The van der Waals surface area contributed by atoms with Crippen molar-refractivity contribution < 1.29 is 22.8 Å². The predicted molar refractivity (Wildman–Crippen MR) is 51.6 cm³/mol. The molecule has 1 N–H and O–H groups in total. The molecule has 0 atom stereocenters. The number of aromatic nitrogens is 1. The smallest absolute Gasteiger partial charge is 0.406 e. The van der Waals surface area contributed by atoms with Crippen molar-refractivity contribution in [3.8, 4) is 5.75 Å². The first-order valence-electron chi connectivity index (χ1n) is 4.38. The molecular weight excluding hydrogens is 241 g/mol.